The van der Waals surface area contributed by atoms with Gasteiger partial charge in [-0.25, -0.2) is 0 Å². The van der Waals surface area contributed by atoms with Gasteiger partial charge in [-0.2, -0.15) is 5.26 Å². The summed E-state index contributed by atoms with van der Waals surface area (Å²) in [5.41, 5.74) is 1.52. The van der Waals surface area contributed by atoms with E-state index in [0.29, 0.717) is 11.6 Å². The summed E-state index contributed by atoms with van der Waals surface area (Å²) in [5.74, 6) is 1.57. The highest BCUT2D eigenvalue weighted by molar-refractivity contribution is 5.66. The molecular formula is C16H22N2O. The Balaban J connectivity index is 2.16. The van der Waals surface area contributed by atoms with Gasteiger partial charge in [0.15, 0.2) is 0 Å². The lowest BCUT2D eigenvalue weighted by Crippen LogP contribution is -2.27. The minimum atomic E-state index is 0.460. The van der Waals surface area contributed by atoms with Gasteiger partial charge in [-0.05, 0) is 30.9 Å². The van der Waals surface area contributed by atoms with Crippen LogP contribution in [-0.4, -0.2) is 13.2 Å². The molecule has 3 nitrogen and oxygen atoms in total. The number of rotatable bonds is 4. The number of methoxy groups -OCH3 is 1. The fourth-order valence-corrected chi connectivity index (χ4v) is 2.94. The third kappa shape index (κ3) is 3.20. The molecule has 1 aromatic rings. The molecule has 0 bridgehead atoms. The van der Waals surface area contributed by atoms with E-state index in [0.717, 1.165) is 17.4 Å². The van der Waals surface area contributed by atoms with E-state index < -0.39 is 0 Å². The zero-order valence-electron chi connectivity index (χ0n) is 11.8. The van der Waals surface area contributed by atoms with Crippen LogP contribution in [0.2, 0.25) is 0 Å². The molecule has 0 amide bonds. The zero-order chi connectivity index (χ0) is 13.7. The molecule has 1 aromatic carbocycles. The minimum Gasteiger partial charge on any atom is -0.495 e. The molecule has 102 valence electrons. The monoisotopic (exact) mass is 258 g/mol. The van der Waals surface area contributed by atoms with Gasteiger partial charge in [-0.1, -0.05) is 32.3 Å². The van der Waals surface area contributed by atoms with Gasteiger partial charge in [-0.15, -0.1) is 0 Å². The molecule has 0 aliphatic heterocycles. The minimum absolute atomic E-state index is 0.460. The van der Waals surface area contributed by atoms with E-state index in [1.54, 1.807) is 7.11 Å². The standard InChI is InChI=1S/C16H22N2O/c1-3-12-6-4-8-14(10-12)18-16-13(11-17)7-5-9-15(16)19-2/h5,7,9,12,14,18H,3-4,6,8,10H2,1-2H3. The number of hydrogen-bond donors (Lipinski definition) is 1. The van der Waals surface area contributed by atoms with E-state index in [9.17, 15) is 5.26 Å². The Kier molecular flexibility index (Phi) is 4.68. The second kappa shape index (κ2) is 6.47. The van der Waals surface area contributed by atoms with Crippen LogP contribution in [0, 0.1) is 17.2 Å². The maximum absolute atomic E-state index is 9.22. The first kappa shape index (κ1) is 13.7. The fraction of sp³-hybridized carbons (Fsp3) is 0.562. The smallest absolute Gasteiger partial charge is 0.143 e. The van der Waals surface area contributed by atoms with Crippen LogP contribution in [0.25, 0.3) is 0 Å². The van der Waals surface area contributed by atoms with Crippen LogP contribution in [0.15, 0.2) is 18.2 Å². The van der Waals surface area contributed by atoms with E-state index in [-0.39, 0.29) is 0 Å². The first-order chi connectivity index (χ1) is 9.28. The highest BCUT2D eigenvalue weighted by atomic mass is 16.5. The second-order valence-electron chi connectivity index (χ2n) is 5.28. The number of nitriles is 1. The fourth-order valence-electron chi connectivity index (χ4n) is 2.94. The SMILES string of the molecule is CCC1CCCC(Nc2c(C#N)cccc2OC)C1. The number of anilines is 1. The molecule has 0 radical (unpaired) electrons. The first-order valence-electron chi connectivity index (χ1n) is 7.12. The molecule has 3 heteroatoms. The van der Waals surface area contributed by atoms with Crippen LogP contribution in [0.1, 0.15) is 44.6 Å². The number of para-hydroxylation sites is 1. The van der Waals surface area contributed by atoms with Crippen molar-refractivity contribution in [3.8, 4) is 11.8 Å². The van der Waals surface area contributed by atoms with Crippen molar-refractivity contribution in [1.82, 2.24) is 0 Å². The maximum Gasteiger partial charge on any atom is 0.143 e. The van der Waals surface area contributed by atoms with E-state index in [4.69, 9.17) is 4.74 Å². The molecule has 1 aliphatic rings. The van der Waals surface area contributed by atoms with Crippen molar-refractivity contribution in [3.05, 3.63) is 23.8 Å². The Labute approximate surface area is 115 Å². The predicted octanol–water partition coefficient (Wildman–Crippen LogP) is 3.95. The Hall–Kier alpha value is -1.69. The number of nitrogens with one attached hydrogen (secondary N) is 1. The van der Waals surface area contributed by atoms with Gasteiger partial charge in [-0.3, -0.25) is 0 Å². The molecular weight excluding hydrogens is 236 g/mol. The summed E-state index contributed by atoms with van der Waals surface area (Å²) in [5, 5.41) is 12.8. The summed E-state index contributed by atoms with van der Waals surface area (Å²) >= 11 is 0. The van der Waals surface area contributed by atoms with Crippen molar-refractivity contribution in [2.45, 2.75) is 45.1 Å². The predicted molar refractivity (Wildman–Crippen MR) is 77.4 cm³/mol. The topological polar surface area (TPSA) is 45.0 Å². The lowest BCUT2D eigenvalue weighted by Gasteiger charge is -2.30. The van der Waals surface area contributed by atoms with Crippen LogP contribution in [0.3, 0.4) is 0 Å². The van der Waals surface area contributed by atoms with Gasteiger partial charge in [0.1, 0.15) is 11.8 Å². The van der Waals surface area contributed by atoms with Crippen molar-refractivity contribution in [3.63, 3.8) is 0 Å². The molecule has 0 saturated heterocycles. The molecule has 1 fully saturated rings. The number of nitrogens with zero attached hydrogens (tertiary/aromatic N) is 1. The van der Waals surface area contributed by atoms with Gasteiger partial charge in [0.25, 0.3) is 0 Å². The highest BCUT2D eigenvalue weighted by Gasteiger charge is 2.22. The molecule has 1 saturated carbocycles. The molecule has 2 rings (SSSR count). The summed E-state index contributed by atoms with van der Waals surface area (Å²) < 4.78 is 5.37. The molecule has 2 unspecified atom stereocenters. The van der Waals surface area contributed by atoms with Gasteiger partial charge in [0, 0.05) is 6.04 Å². The number of benzene rings is 1. The Morgan fingerprint density at radius 3 is 2.95 bits per heavy atom. The van der Waals surface area contributed by atoms with E-state index >= 15 is 0 Å². The largest absolute Gasteiger partial charge is 0.495 e. The molecule has 1 N–H and O–H groups in total. The van der Waals surface area contributed by atoms with E-state index in [1.165, 1.54) is 32.1 Å². The third-order valence-corrected chi connectivity index (χ3v) is 4.08. The first-order valence-corrected chi connectivity index (χ1v) is 7.12. The van der Waals surface area contributed by atoms with Crippen LogP contribution >= 0.6 is 0 Å². The average Bonchev–Trinajstić information content (AvgIpc) is 2.47. The Morgan fingerprint density at radius 2 is 2.26 bits per heavy atom. The van der Waals surface area contributed by atoms with E-state index in [2.05, 4.69) is 18.3 Å². The van der Waals surface area contributed by atoms with Crippen LogP contribution in [0.5, 0.6) is 5.75 Å². The van der Waals surface area contributed by atoms with Gasteiger partial charge in [0.2, 0.25) is 0 Å². The van der Waals surface area contributed by atoms with Crippen molar-refractivity contribution in [2.24, 2.45) is 5.92 Å². The molecule has 1 aliphatic carbocycles. The average molecular weight is 258 g/mol. The quantitative estimate of drug-likeness (QED) is 0.889. The number of ether oxygens (including phenoxy) is 1. The summed E-state index contributed by atoms with van der Waals surface area (Å²) in [7, 11) is 1.65. The lowest BCUT2D eigenvalue weighted by atomic mass is 9.84. The highest BCUT2D eigenvalue weighted by Crippen LogP contribution is 2.33. The van der Waals surface area contributed by atoms with E-state index in [1.807, 2.05) is 18.2 Å². The summed E-state index contributed by atoms with van der Waals surface area (Å²) in [6.07, 6.45) is 6.23. The van der Waals surface area contributed by atoms with Crippen molar-refractivity contribution in [2.75, 3.05) is 12.4 Å². The molecule has 0 aromatic heterocycles. The van der Waals surface area contributed by atoms with Gasteiger partial charge >= 0.3 is 0 Å². The van der Waals surface area contributed by atoms with Gasteiger partial charge in [0.05, 0.1) is 18.4 Å². The Morgan fingerprint density at radius 1 is 1.42 bits per heavy atom. The molecule has 2 atom stereocenters. The van der Waals surface area contributed by atoms with Crippen molar-refractivity contribution < 1.29 is 4.74 Å². The summed E-state index contributed by atoms with van der Waals surface area (Å²) in [6.45, 7) is 2.26. The zero-order valence-corrected chi connectivity index (χ0v) is 11.8. The third-order valence-electron chi connectivity index (χ3n) is 4.08. The molecule has 19 heavy (non-hydrogen) atoms. The second-order valence-corrected chi connectivity index (χ2v) is 5.28. The molecule has 0 spiro atoms. The van der Waals surface area contributed by atoms with Gasteiger partial charge < -0.3 is 10.1 Å². The Bertz CT molecular complexity index is 464. The normalized spacial score (nSPS) is 22.6. The van der Waals surface area contributed by atoms with Crippen LogP contribution in [-0.2, 0) is 0 Å². The number of hydrogen-bond acceptors (Lipinski definition) is 3. The van der Waals surface area contributed by atoms with Crippen LogP contribution < -0.4 is 10.1 Å². The lowest BCUT2D eigenvalue weighted by molar-refractivity contribution is 0.326. The maximum atomic E-state index is 9.22. The van der Waals surface area contributed by atoms with Crippen LogP contribution in [0.4, 0.5) is 5.69 Å². The summed E-state index contributed by atoms with van der Waals surface area (Å²) in [6, 6.07) is 8.31. The molecule has 0 heterocycles. The van der Waals surface area contributed by atoms with Crippen molar-refractivity contribution >= 4 is 5.69 Å². The summed E-state index contributed by atoms with van der Waals surface area (Å²) in [4.78, 5) is 0. The van der Waals surface area contributed by atoms with Crippen molar-refractivity contribution in [1.29, 1.82) is 5.26 Å².